The Morgan fingerprint density at radius 2 is 2.56 bits per heavy atom. The minimum atomic E-state index is 0.176. The predicted molar refractivity (Wildman–Crippen MR) is 70.8 cm³/mol. The number of rotatable bonds is 2. The Morgan fingerprint density at radius 1 is 1.67 bits per heavy atom. The van der Waals surface area contributed by atoms with Crippen molar-refractivity contribution in [1.29, 1.82) is 0 Å². The van der Waals surface area contributed by atoms with Crippen molar-refractivity contribution in [2.24, 2.45) is 0 Å². The van der Waals surface area contributed by atoms with Gasteiger partial charge in [-0.15, -0.1) is 11.3 Å². The fourth-order valence-corrected chi connectivity index (χ4v) is 3.05. The lowest BCUT2D eigenvalue weighted by molar-refractivity contribution is -0.133. The number of piperazine rings is 1. The minimum absolute atomic E-state index is 0.176. The highest BCUT2D eigenvalue weighted by atomic mass is 32.1. The van der Waals surface area contributed by atoms with E-state index in [0.717, 1.165) is 30.3 Å². The summed E-state index contributed by atoms with van der Waals surface area (Å²) in [4.78, 5) is 19.6. The highest BCUT2D eigenvalue weighted by molar-refractivity contribution is 7.15. The molecule has 1 aliphatic heterocycles. The van der Waals surface area contributed by atoms with Gasteiger partial charge in [0.15, 0.2) is 4.96 Å². The van der Waals surface area contributed by atoms with Gasteiger partial charge in [-0.2, -0.15) is 0 Å². The van der Waals surface area contributed by atoms with E-state index in [1.54, 1.807) is 11.3 Å². The van der Waals surface area contributed by atoms with Gasteiger partial charge in [0.2, 0.25) is 5.91 Å². The van der Waals surface area contributed by atoms with Crippen molar-refractivity contribution >= 4 is 22.2 Å². The Morgan fingerprint density at radius 3 is 3.33 bits per heavy atom. The predicted octanol–water partition coefficient (Wildman–Crippen LogP) is 0.759. The second-order valence-corrected chi connectivity index (χ2v) is 5.52. The second-order valence-electron chi connectivity index (χ2n) is 4.64. The molecule has 1 saturated heterocycles. The molecule has 6 heteroatoms. The first-order chi connectivity index (χ1) is 8.74. The number of fused-ring (bicyclic) bond motifs is 1. The zero-order valence-corrected chi connectivity index (χ0v) is 11.1. The molecule has 1 N–H and O–H groups in total. The van der Waals surface area contributed by atoms with Crippen LogP contribution in [0.5, 0.6) is 0 Å². The zero-order chi connectivity index (χ0) is 12.5. The molecule has 2 aromatic rings. The van der Waals surface area contributed by atoms with Crippen molar-refractivity contribution in [3.8, 4) is 0 Å². The van der Waals surface area contributed by atoms with Gasteiger partial charge in [0.25, 0.3) is 0 Å². The van der Waals surface area contributed by atoms with Crippen molar-refractivity contribution in [1.82, 2.24) is 19.6 Å². The Bertz CT molecular complexity index is 533. The average Bonchev–Trinajstić information content (AvgIpc) is 2.90. The van der Waals surface area contributed by atoms with Gasteiger partial charge in [0, 0.05) is 43.4 Å². The van der Waals surface area contributed by atoms with Crippen LogP contribution in [0.3, 0.4) is 0 Å². The summed E-state index contributed by atoms with van der Waals surface area (Å²) >= 11 is 1.59. The van der Waals surface area contributed by atoms with E-state index in [-0.39, 0.29) is 11.9 Å². The fraction of sp³-hybridized carbons (Fsp3) is 0.500. The largest absolute Gasteiger partial charge is 0.337 e. The van der Waals surface area contributed by atoms with Crippen molar-refractivity contribution in [3.05, 3.63) is 23.5 Å². The molecule has 3 heterocycles. The molecule has 0 radical (unpaired) electrons. The average molecular weight is 264 g/mol. The van der Waals surface area contributed by atoms with Crippen LogP contribution in [0.4, 0.5) is 0 Å². The lowest BCUT2D eigenvalue weighted by Crippen LogP contribution is -2.52. The molecule has 0 aliphatic carbocycles. The summed E-state index contributed by atoms with van der Waals surface area (Å²) in [6.45, 7) is 4.64. The second kappa shape index (κ2) is 4.70. The van der Waals surface area contributed by atoms with Crippen LogP contribution in [0.2, 0.25) is 0 Å². The molecule has 96 valence electrons. The molecule has 1 amide bonds. The van der Waals surface area contributed by atoms with Crippen LogP contribution in [0.1, 0.15) is 12.6 Å². The number of aromatic nitrogens is 2. The van der Waals surface area contributed by atoms with Gasteiger partial charge in [0.1, 0.15) is 0 Å². The Hall–Kier alpha value is -1.40. The van der Waals surface area contributed by atoms with Gasteiger partial charge in [0.05, 0.1) is 12.1 Å². The van der Waals surface area contributed by atoms with Crippen LogP contribution >= 0.6 is 11.3 Å². The minimum Gasteiger partial charge on any atom is -0.337 e. The molecule has 3 rings (SSSR count). The molecular weight excluding hydrogens is 248 g/mol. The van der Waals surface area contributed by atoms with Gasteiger partial charge in [-0.3, -0.25) is 9.20 Å². The van der Waals surface area contributed by atoms with E-state index in [0.29, 0.717) is 6.42 Å². The van der Waals surface area contributed by atoms with Gasteiger partial charge < -0.3 is 10.2 Å². The first-order valence-corrected chi connectivity index (χ1v) is 7.03. The van der Waals surface area contributed by atoms with Crippen molar-refractivity contribution < 1.29 is 4.79 Å². The van der Waals surface area contributed by atoms with Crippen LogP contribution in [0, 0.1) is 0 Å². The van der Waals surface area contributed by atoms with Crippen molar-refractivity contribution in [2.75, 3.05) is 19.6 Å². The SMILES string of the molecule is CC1CNCCN1C(=O)Cc1cn2ccsc2n1. The van der Waals surface area contributed by atoms with Crippen LogP contribution in [0.15, 0.2) is 17.8 Å². The fourth-order valence-electron chi connectivity index (χ4n) is 2.33. The van der Waals surface area contributed by atoms with Gasteiger partial charge in [-0.05, 0) is 6.92 Å². The van der Waals surface area contributed by atoms with Crippen LogP contribution < -0.4 is 5.32 Å². The summed E-state index contributed by atoms with van der Waals surface area (Å²) < 4.78 is 1.97. The Labute approximate surface area is 109 Å². The standard InChI is InChI=1S/C12H16N4OS/c1-9-7-13-2-3-16(9)11(17)6-10-8-15-4-5-18-12(15)14-10/h4-5,8-9,13H,2-3,6-7H2,1H3. The monoisotopic (exact) mass is 264 g/mol. The van der Waals surface area contributed by atoms with E-state index in [1.807, 2.05) is 27.1 Å². The number of imidazole rings is 1. The molecular formula is C12H16N4OS. The van der Waals surface area contributed by atoms with E-state index >= 15 is 0 Å². The van der Waals surface area contributed by atoms with E-state index in [9.17, 15) is 4.79 Å². The Balaban J connectivity index is 1.71. The zero-order valence-electron chi connectivity index (χ0n) is 10.3. The molecule has 2 aromatic heterocycles. The number of carbonyl (C=O) groups excluding carboxylic acids is 1. The quantitative estimate of drug-likeness (QED) is 0.871. The van der Waals surface area contributed by atoms with Gasteiger partial charge in [-0.25, -0.2) is 4.98 Å². The lowest BCUT2D eigenvalue weighted by Gasteiger charge is -2.33. The number of hydrogen-bond acceptors (Lipinski definition) is 4. The number of nitrogens with one attached hydrogen (secondary N) is 1. The first-order valence-electron chi connectivity index (χ1n) is 6.15. The molecule has 0 spiro atoms. The van der Waals surface area contributed by atoms with Crippen molar-refractivity contribution in [3.63, 3.8) is 0 Å². The molecule has 1 aliphatic rings. The summed E-state index contributed by atoms with van der Waals surface area (Å²) in [5, 5.41) is 5.28. The number of amides is 1. The van der Waals surface area contributed by atoms with Crippen LogP contribution in [-0.2, 0) is 11.2 Å². The number of nitrogens with zero attached hydrogens (tertiary/aromatic N) is 3. The first kappa shape index (κ1) is 11.7. The van der Waals surface area contributed by atoms with Crippen LogP contribution in [0.25, 0.3) is 4.96 Å². The Kier molecular flexibility index (Phi) is 3.05. The molecule has 0 aromatic carbocycles. The molecule has 18 heavy (non-hydrogen) atoms. The number of thiazole rings is 1. The summed E-state index contributed by atoms with van der Waals surface area (Å²) in [6, 6.07) is 0.273. The highest BCUT2D eigenvalue weighted by Crippen LogP contribution is 2.13. The number of hydrogen-bond donors (Lipinski definition) is 1. The van der Waals surface area contributed by atoms with E-state index in [2.05, 4.69) is 17.2 Å². The maximum Gasteiger partial charge on any atom is 0.228 e. The molecule has 0 bridgehead atoms. The molecule has 1 atom stereocenters. The van der Waals surface area contributed by atoms with E-state index < -0.39 is 0 Å². The maximum atomic E-state index is 12.2. The third kappa shape index (κ3) is 2.13. The van der Waals surface area contributed by atoms with E-state index in [1.165, 1.54) is 0 Å². The summed E-state index contributed by atoms with van der Waals surface area (Å²) in [5.41, 5.74) is 0.859. The summed E-state index contributed by atoms with van der Waals surface area (Å²) in [5.74, 6) is 0.176. The van der Waals surface area contributed by atoms with Gasteiger partial charge >= 0.3 is 0 Å². The smallest absolute Gasteiger partial charge is 0.228 e. The van der Waals surface area contributed by atoms with Crippen LogP contribution in [-0.4, -0.2) is 45.9 Å². The molecule has 1 unspecified atom stereocenters. The maximum absolute atomic E-state index is 12.2. The van der Waals surface area contributed by atoms with E-state index in [4.69, 9.17) is 0 Å². The third-order valence-corrected chi connectivity index (χ3v) is 4.07. The third-order valence-electron chi connectivity index (χ3n) is 3.30. The molecule has 5 nitrogen and oxygen atoms in total. The normalized spacial score (nSPS) is 20.5. The highest BCUT2D eigenvalue weighted by Gasteiger charge is 2.23. The molecule has 1 fully saturated rings. The van der Waals surface area contributed by atoms with Gasteiger partial charge in [-0.1, -0.05) is 0 Å². The topological polar surface area (TPSA) is 49.6 Å². The molecule has 0 saturated carbocycles. The summed E-state index contributed by atoms with van der Waals surface area (Å²) in [6.07, 6.45) is 4.31. The van der Waals surface area contributed by atoms with Crippen molar-refractivity contribution in [2.45, 2.75) is 19.4 Å². The number of carbonyl (C=O) groups is 1. The lowest BCUT2D eigenvalue weighted by atomic mass is 10.2. The summed E-state index contributed by atoms with van der Waals surface area (Å²) in [7, 11) is 0.